The molecular weight excluding hydrogens is 442 g/mol. The number of carbonyl (C=O) groups excluding carboxylic acids is 1. The van der Waals surface area contributed by atoms with Crippen LogP contribution in [0.4, 0.5) is 8.78 Å². The van der Waals surface area contributed by atoms with Crippen LogP contribution in [-0.2, 0) is 25.8 Å². The molecule has 0 spiro atoms. The van der Waals surface area contributed by atoms with Gasteiger partial charge in [-0.2, -0.15) is 9.29 Å². The van der Waals surface area contributed by atoms with Gasteiger partial charge in [0, 0.05) is 24.4 Å². The van der Waals surface area contributed by atoms with Gasteiger partial charge in [-0.05, 0) is 44.9 Å². The van der Waals surface area contributed by atoms with E-state index in [9.17, 15) is 22.0 Å². The van der Waals surface area contributed by atoms with Crippen molar-refractivity contribution in [3.8, 4) is 0 Å². The Morgan fingerprint density at radius 1 is 1.12 bits per heavy atom. The second-order valence-corrected chi connectivity index (χ2v) is 11.5. The maximum Gasteiger partial charge on any atom is 0.243 e. The van der Waals surface area contributed by atoms with Gasteiger partial charge in [0.1, 0.15) is 0 Å². The molecule has 0 radical (unpaired) electrons. The molecule has 0 bridgehead atoms. The third-order valence-corrected chi connectivity index (χ3v) is 7.31. The molecule has 176 valence electrons. The predicted molar refractivity (Wildman–Crippen MR) is 112 cm³/mol. The van der Waals surface area contributed by atoms with Gasteiger partial charge in [0.25, 0.3) is 0 Å². The van der Waals surface area contributed by atoms with E-state index in [1.807, 2.05) is 20.8 Å². The number of piperidine rings is 1. The molecule has 1 fully saturated rings. The molecule has 1 saturated heterocycles. The molecular formula is C21H28F2N4O4S. The van der Waals surface area contributed by atoms with Gasteiger partial charge in [0.05, 0.1) is 10.4 Å². The third-order valence-electron chi connectivity index (χ3n) is 5.42. The molecule has 1 aliphatic heterocycles. The quantitative estimate of drug-likeness (QED) is 0.720. The highest BCUT2D eigenvalue weighted by Crippen LogP contribution is 2.27. The van der Waals surface area contributed by atoms with Crippen LogP contribution in [0.1, 0.15) is 59.2 Å². The SMILES string of the molecule is CC(C)(C)c1nc(C(C)(C)NC(=O)C2CCN(S(=O)(=O)c3ccc(F)c(F)c3)CC2)no1. The van der Waals surface area contributed by atoms with Crippen LogP contribution in [0.3, 0.4) is 0 Å². The predicted octanol–water partition coefficient (Wildman–Crippen LogP) is 3.10. The summed E-state index contributed by atoms with van der Waals surface area (Å²) in [7, 11) is -3.98. The molecule has 3 rings (SSSR count). The highest BCUT2D eigenvalue weighted by atomic mass is 32.2. The Morgan fingerprint density at radius 2 is 1.75 bits per heavy atom. The van der Waals surface area contributed by atoms with E-state index in [0.29, 0.717) is 30.6 Å². The highest BCUT2D eigenvalue weighted by Gasteiger charge is 2.36. The molecule has 8 nitrogen and oxygen atoms in total. The minimum atomic E-state index is -3.98. The summed E-state index contributed by atoms with van der Waals surface area (Å²) in [4.78, 5) is 16.9. The zero-order valence-corrected chi connectivity index (χ0v) is 19.6. The van der Waals surface area contributed by atoms with Crippen LogP contribution in [0, 0.1) is 17.6 Å². The molecule has 1 amide bonds. The number of rotatable bonds is 5. The molecule has 0 unspecified atom stereocenters. The van der Waals surface area contributed by atoms with Gasteiger partial charge in [-0.15, -0.1) is 0 Å². The smallest absolute Gasteiger partial charge is 0.243 e. The topological polar surface area (TPSA) is 105 Å². The third kappa shape index (κ3) is 4.98. The van der Waals surface area contributed by atoms with Crippen LogP contribution in [0.5, 0.6) is 0 Å². The Bertz CT molecular complexity index is 1100. The van der Waals surface area contributed by atoms with E-state index >= 15 is 0 Å². The van der Waals surface area contributed by atoms with Crippen LogP contribution in [0.2, 0.25) is 0 Å². The first-order valence-corrected chi connectivity index (χ1v) is 11.8. The number of hydrogen-bond donors (Lipinski definition) is 1. The van der Waals surface area contributed by atoms with Crippen molar-refractivity contribution < 1.29 is 26.5 Å². The van der Waals surface area contributed by atoms with Crippen molar-refractivity contribution in [2.24, 2.45) is 5.92 Å². The van der Waals surface area contributed by atoms with Gasteiger partial charge < -0.3 is 9.84 Å². The number of sulfonamides is 1. The van der Waals surface area contributed by atoms with Crippen LogP contribution < -0.4 is 5.32 Å². The molecule has 32 heavy (non-hydrogen) atoms. The number of hydrogen-bond acceptors (Lipinski definition) is 6. The fourth-order valence-electron chi connectivity index (χ4n) is 3.39. The van der Waals surface area contributed by atoms with E-state index in [4.69, 9.17) is 4.52 Å². The van der Waals surface area contributed by atoms with E-state index < -0.39 is 33.1 Å². The van der Waals surface area contributed by atoms with Crippen molar-refractivity contribution >= 4 is 15.9 Å². The van der Waals surface area contributed by atoms with Crippen LogP contribution >= 0.6 is 0 Å². The molecule has 0 aliphatic carbocycles. The van der Waals surface area contributed by atoms with E-state index in [1.165, 1.54) is 4.31 Å². The van der Waals surface area contributed by atoms with Crippen LogP contribution in [0.25, 0.3) is 0 Å². The number of benzene rings is 1. The Balaban J connectivity index is 1.63. The van der Waals surface area contributed by atoms with E-state index in [0.717, 1.165) is 12.1 Å². The van der Waals surface area contributed by atoms with Crippen molar-refractivity contribution in [1.82, 2.24) is 19.8 Å². The first-order chi connectivity index (χ1) is 14.7. The summed E-state index contributed by atoms with van der Waals surface area (Å²) in [6, 6.07) is 2.49. The lowest BCUT2D eigenvalue weighted by Gasteiger charge is -2.32. The molecule has 11 heteroatoms. The summed E-state index contributed by atoms with van der Waals surface area (Å²) in [5.74, 6) is -2.15. The average Bonchev–Trinajstić information content (AvgIpc) is 3.21. The van der Waals surface area contributed by atoms with Crippen molar-refractivity contribution in [1.29, 1.82) is 0 Å². The van der Waals surface area contributed by atoms with Gasteiger partial charge in [-0.1, -0.05) is 25.9 Å². The fraction of sp³-hybridized carbons (Fsp3) is 0.571. The van der Waals surface area contributed by atoms with E-state index in [2.05, 4.69) is 15.5 Å². The molecule has 2 heterocycles. The number of nitrogens with zero attached hydrogens (tertiary/aromatic N) is 3. The molecule has 1 aromatic heterocycles. The van der Waals surface area contributed by atoms with Crippen molar-refractivity contribution in [3.63, 3.8) is 0 Å². The van der Waals surface area contributed by atoms with Crippen molar-refractivity contribution in [3.05, 3.63) is 41.5 Å². The van der Waals surface area contributed by atoms with Gasteiger partial charge in [-0.25, -0.2) is 17.2 Å². The van der Waals surface area contributed by atoms with Gasteiger partial charge in [-0.3, -0.25) is 4.79 Å². The number of amides is 1. The lowest BCUT2D eigenvalue weighted by molar-refractivity contribution is -0.128. The normalized spacial score (nSPS) is 16.8. The first kappa shape index (κ1) is 24.2. The molecule has 0 saturated carbocycles. The minimum absolute atomic E-state index is 0.0935. The zero-order valence-electron chi connectivity index (χ0n) is 18.8. The van der Waals surface area contributed by atoms with Crippen LogP contribution in [0.15, 0.2) is 27.6 Å². The largest absolute Gasteiger partial charge is 0.344 e. The minimum Gasteiger partial charge on any atom is -0.344 e. The van der Waals surface area contributed by atoms with Crippen molar-refractivity contribution in [2.45, 2.75) is 63.3 Å². The maximum absolute atomic E-state index is 13.5. The van der Waals surface area contributed by atoms with Crippen molar-refractivity contribution in [2.75, 3.05) is 13.1 Å². The Hall–Kier alpha value is -2.40. The lowest BCUT2D eigenvalue weighted by Crippen LogP contribution is -2.48. The first-order valence-electron chi connectivity index (χ1n) is 10.3. The lowest BCUT2D eigenvalue weighted by atomic mass is 9.94. The number of nitrogens with one attached hydrogen (secondary N) is 1. The van der Waals surface area contributed by atoms with Gasteiger partial charge in [0.2, 0.25) is 21.8 Å². The molecule has 0 atom stereocenters. The average molecular weight is 471 g/mol. The molecule has 1 N–H and O–H groups in total. The Kier molecular flexibility index (Phi) is 6.45. The summed E-state index contributed by atoms with van der Waals surface area (Å²) in [6.07, 6.45) is 0.592. The van der Waals surface area contributed by atoms with Gasteiger partial charge in [0.15, 0.2) is 17.5 Å². The molecule has 1 aromatic carbocycles. The highest BCUT2D eigenvalue weighted by molar-refractivity contribution is 7.89. The van der Waals surface area contributed by atoms with E-state index in [-0.39, 0.29) is 29.3 Å². The Labute approximate surface area is 186 Å². The summed E-state index contributed by atoms with van der Waals surface area (Å²) in [6.45, 7) is 9.55. The summed E-state index contributed by atoms with van der Waals surface area (Å²) < 4.78 is 58.6. The second-order valence-electron chi connectivity index (χ2n) is 9.54. The summed E-state index contributed by atoms with van der Waals surface area (Å²) in [5, 5.41) is 6.92. The maximum atomic E-state index is 13.5. The molecule has 2 aromatic rings. The number of carbonyl (C=O) groups is 1. The summed E-state index contributed by atoms with van der Waals surface area (Å²) in [5.41, 5.74) is -1.20. The number of aromatic nitrogens is 2. The zero-order chi connectivity index (χ0) is 23.9. The molecule has 1 aliphatic rings. The van der Waals surface area contributed by atoms with Crippen LogP contribution in [-0.4, -0.2) is 41.9 Å². The standard InChI is InChI=1S/C21H28F2N4O4S/c1-20(2,3)19-24-18(26-31-19)21(4,5)25-17(28)13-8-10-27(11-9-13)32(29,30)14-6-7-15(22)16(23)12-14/h6-7,12-13H,8-11H2,1-5H3,(H,25,28). The second kappa shape index (κ2) is 8.51. The van der Waals surface area contributed by atoms with Gasteiger partial charge >= 0.3 is 0 Å². The monoisotopic (exact) mass is 470 g/mol. The fourth-order valence-corrected chi connectivity index (χ4v) is 4.87. The number of halogens is 2. The summed E-state index contributed by atoms with van der Waals surface area (Å²) >= 11 is 0. The Morgan fingerprint density at radius 3 is 2.28 bits per heavy atom. The van der Waals surface area contributed by atoms with E-state index in [1.54, 1.807) is 13.8 Å².